The van der Waals surface area contributed by atoms with Gasteiger partial charge in [0.2, 0.25) is 5.91 Å². The highest BCUT2D eigenvalue weighted by atomic mass is 79.9. The van der Waals surface area contributed by atoms with Gasteiger partial charge in [-0.25, -0.2) is 0 Å². The number of hydrogen-bond donors (Lipinski definition) is 2. The van der Waals surface area contributed by atoms with Gasteiger partial charge in [-0.05, 0) is 41.8 Å². The van der Waals surface area contributed by atoms with Crippen molar-refractivity contribution in [3.05, 3.63) is 64.1 Å². The van der Waals surface area contributed by atoms with Crippen molar-refractivity contribution in [2.24, 2.45) is 5.73 Å². The van der Waals surface area contributed by atoms with Gasteiger partial charge < -0.3 is 15.8 Å². The fourth-order valence-electron chi connectivity index (χ4n) is 2.77. The second-order valence-corrected chi connectivity index (χ2v) is 7.02. The van der Waals surface area contributed by atoms with Gasteiger partial charge in [0.15, 0.2) is 0 Å². The lowest BCUT2D eigenvalue weighted by Crippen LogP contribution is -2.24. The molecule has 1 saturated carbocycles. The zero-order valence-electron chi connectivity index (χ0n) is 13.4. The van der Waals surface area contributed by atoms with Crippen LogP contribution in [0.25, 0.3) is 0 Å². The summed E-state index contributed by atoms with van der Waals surface area (Å²) in [6, 6.07) is 16.8. The van der Waals surface area contributed by atoms with Gasteiger partial charge >= 0.3 is 0 Å². The lowest BCUT2D eigenvalue weighted by molar-refractivity contribution is -0.117. The summed E-state index contributed by atoms with van der Waals surface area (Å²) in [7, 11) is 0. The zero-order chi connectivity index (χ0) is 16.9. The third-order valence-corrected chi connectivity index (χ3v) is 4.66. The fourth-order valence-corrected chi connectivity index (χ4v) is 3.22. The highest BCUT2D eigenvalue weighted by Crippen LogP contribution is 2.41. The molecule has 1 aliphatic rings. The number of rotatable bonds is 8. The number of ether oxygens (including phenoxy) is 1. The summed E-state index contributed by atoms with van der Waals surface area (Å²) in [4.78, 5) is 10.7. The molecule has 2 atom stereocenters. The van der Waals surface area contributed by atoms with E-state index in [2.05, 4.69) is 39.4 Å². The number of primary amides is 1. The molecule has 2 aromatic rings. The van der Waals surface area contributed by atoms with Gasteiger partial charge in [-0.2, -0.15) is 0 Å². The second kappa shape index (κ2) is 7.81. The van der Waals surface area contributed by atoms with Crippen molar-refractivity contribution in [2.75, 3.05) is 6.54 Å². The number of amides is 1. The van der Waals surface area contributed by atoms with Crippen molar-refractivity contribution in [1.82, 2.24) is 5.32 Å². The molecule has 3 N–H and O–H groups in total. The van der Waals surface area contributed by atoms with Crippen molar-refractivity contribution in [3.8, 4) is 5.75 Å². The monoisotopic (exact) mass is 388 g/mol. The van der Waals surface area contributed by atoms with Crippen LogP contribution in [0.1, 0.15) is 29.9 Å². The average molecular weight is 389 g/mol. The Hall–Kier alpha value is -1.85. The Morgan fingerprint density at radius 1 is 1.25 bits per heavy atom. The van der Waals surface area contributed by atoms with E-state index in [-0.39, 0.29) is 5.91 Å². The van der Waals surface area contributed by atoms with Crippen LogP contribution in [0.15, 0.2) is 53.0 Å². The summed E-state index contributed by atoms with van der Waals surface area (Å²) in [5, 5.41) is 3.37. The van der Waals surface area contributed by atoms with E-state index in [0.717, 1.165) is 22.2 Å². The predicted molar refractivity (Wildman–Crippen MR) is 97.9 cm³/mol. The number of carbonyl (C=O) groups excluding carboxylic acids is 1. The molecule has 0 bridgehead atoms. The van der Waals surface area contributed by atoms with Gasteiger partial charge in [0.05, 0.1) is 0 Å². The Morgan fingerprint density at radius 2 is 2.04 bits per heavy atom. The summed E-state index contributed by atoms with van der Waals surface area (Å²) in [6.45, 7) is 1.21. The predicted octanol–water partition coefficient (Wildman–Crippen LogP) is 3.35. The second-order valence-electron chi connectivity index (χ2n) is 6.11. The van der Waals surface area contributed by atoms with Crippen LogP contribution in [0.4, 0.5) is 0 Å². The van der Waals surface area contributed by atoms with E-state index in [1.807, 2.05) is 30.3 Å². The molecule has 24 heavy (non-hydrogen) atoms. The lowest BCUT2D eigenvalue weighted by atomic mass is 10.1. The average Bonchev–Trinajstić information content (AvgIpc) is 3.33. The van der Waals surface area contributed by atoms with Crippen molar-refractivity contribution in [2.45, 2.75) is 31.4 Å². The Kier molecular flexibility index (Phi) is 5.53. The summed E-state index contributed by atoms with van der Waals surface area (Å²) in [5.41, 5.74) is 7.59. The minimum atomic E-state index is -0.258. The minimum Gasteiger partial charge on any atom is -0.489 e. The molecule has 0 spiro atoms. The highest BCUT2D eigenvalue weighted by Gasteiger charge is 2.37. The van der Waals surface area contributed by atoms with Crippen molar-refractivity contribution < 1.29 is 9.53 Å². The van der Waals surface area contributed by atoms with Crippen LogP contribution in [0.3, 0.4) is 0 Å². The van der Waals surface area contributed by atoms with Crippen LogP contribution in [-0.2, 0) is 11.4 Å². The van der Waals surface area contributed by atoms with E-state index < -0.39 is 0 Å². The molecule has 2 unspecified atom stereocenters. The third kappa shape index (κ3) is 4.82. The van der Waals surface area contributed by atoms with Crippen LogP contribution < -0.4 is 15.8 Å². The van der Waals surface area contributed by atoms with Gasteiger partial charge in [0, 0.05) is 29.4 Å². The van der Waals surface area contributed by atoms with E-state index in [9.17, 15) is 4.79 Å². The molecule has 3 rings (SSSR count). The van der Waals surface area contributed by atoms with Crippen LogP contribution in [-0.4, -0.2) is 18.5 Å². The molecule has 0 saturated heterocycles. The topological polar surface area (TPSA) is 64.4 Å². The molecule has 1 aliphatic carbocycles. The SMILES string of the molecule is NC(=O)CCNC1CC1c1ccc(OCc2cccc(Br)c2)cc1. The van der Waals surface area contributed by atoms with Crippen molar-refractivity contribution in [1.29, 1.82) is 0 Å². The first-order valence-corrected chi connectivity index (χ1v) is 8.90. The summed E-state index contributed by atoms with van der Waals surface area (Å²) in [6.07, 6.45) is 1.50. The van der Waals surface area contributed by atoms with Crippen molar-refractivity contribution >= 4 is 21.8 Å². The first-order valence-electron chi connectivity index (χ1n) is 8.11. The number of halogens is 1. The first-order chi connectivity index (χ1) is 11.6. The van der Waals surface area contributed by atoms with E-state index in [1.54, 1.807) is 0 Å². The van der Waals surface area contributed by atoms with Gasteiger partial charge in [0.25, 0.3) is 0 Å². The van der Waals surface area contributed by atoms with Crippen molar-refractivity contribution in [3.63, 3.8) is 0 Å². The third-order valence-electron chi connectivity index (χ3n) is 4.17. The molecule has 1 amide bonds. The number of hydrogen-bond acceptors (Lipinski definition) is 3. The van der Waals surface area contributed by atoms with E-state index >= 15 is 0 Å². The minimum absolute atomic E-state index is 0.258. The highest BCUT2D eigenvalue weighted by molar-refractivity contribution is 9.10. The summed E-state index contributed by atoms with van der Waals surface area (Å²) < 4.78 is 6.89. The first kappa shape index (κ1) is 17.0. The molecule has 0 heterocycles. The molecular formula is C19H21BrN2O2. The fraction of sp³-hybridized carbons (Fsp3) is 0.316. The molecule has 0 aromatic heterocycles. The smallest absolute Gasteiger partial charge is 0.218 e. The zero-order valence-corrected chi connectivity index (χ0v) is 15.0. The Bertz CT molecular complexity index is 703. The van der Waals surface area contributed by atoms with E-state index in [0.29, 0.717) is 31.5 Å². The normalized spacial score (nSPS) is 19.0. The van der Waals surface area contributed by atoms with Gasteiger partial charge in [0.1, 0.15) is 12.4 Å². The molecule has 4 nitrogen and oxygen atoms in total. The van der Waals surface area contributed by atoms with Crippen LogP contribution in [0, 0.1) is 0 Å². The molecule has 1 fully saturated rings. The van der Waals surface area contributed by atoms with E-state index in [4.69, 9.17) is 10.5 Å². The standard InChI is InChI=1S/C19H21BrN2O2/c20-15-3-1-2-13(10-15)12-24-16-6-4-14(5-7-16)17-11-18(17)22-9-8-19(21)23/h1-7,10,17-18,22H,8-9,11-12H2,(H2,21,23). The quantitative estimate of drug-likeness (QED) is 0.728. The van der Waals surface area contributed by atoms with Crippen LogP contribution >= 0.6 is 15.9 Å². The summed E-state index contributed by atoms with van der Waals surface area (Å²) in [5.74, 6) is 1.14. The van der Waals surface area contributed by atoms with E-state index in [1.165, 1.54) is 5.56 Å². The van der Waals surface area contributed by atoms with Gasteiger partial charge in [-0.1, -0.05) is 40.2 Å². The van der Waals surface area contributed by atoms with Gasteiger partial charge in [-0.15, -0.1) is 0 Å². The number of nitrogens with two attached hydrogens (primary N) is 1. The maximum atomic E-state index is 10.7. The number of nitrogens with one attached hydrogen (secondary N) is 1. The Morgan fingerprint density at radius 3 is 2.75 bits per heavy atom. The molecule has 2 aromatic carbocycles. The molecule has 0 radical (unpaired) electrons. The maximum absolute atomic E-state index is 10.7. The number of benzene rings is 2. The van der Waals surface area contributed by atoms with Gasteiger partial charge in [-0.3, -0.25) is 4.79 Å². The molecule has 126 valence electrons. The largest absolute Gasteiger partial charge is 0.489 e. The molecule has 0 aliphatic heterocycles. The maximum Gasteiger partial charge on any atom is 0.218 e. The van der Waals surface area contributed by atoms with Crippen LogP contribution in [0.5, 0.6) is 5.75 Å². The molecule has 5 heteroatoms. The Labute approximate surface area is 150 Å². The van der Waals surface area contributed by atoms with Crippen LogP contribution in [0.2, 0.25) is 0 Å². The number of carbonyl (C=O) groups is 1. The summed E-state index contributed by atoms with van der Waals surface area (Å²) >= 11 is 3.46. The Balaban J connectivity index is 1.47. The lowest BCUT2D eigenvalue weighted by Gasteiger charge is -2.08. The molecular weight excluding hydrogens is 368 g/mol.